The van der Waals surface area contributed by atoms with Gasteiger partial charge in [-0.15, -0.1) is 0 Å². The molecule has 4 heteroatoms. The summed E-state index contributed by atoms with van der Waals surface area (Å²) < 4.78 is 7.09. The van der Waals surface area contributed by atoms with E-state index in [0.29, 0.717) is 19.1 Å². The van der Waals surface area contributed by atoms with Crippen molar-refractivity contribution < 1.29 is 9.84 Å². The summed E-state index contributed by atoms with van der Waals surface area (Å²) in [6.07, 6.45) is 3.46. The first-order chi connectivity index (χ1) is 6.22. The summed E-state index contributed by atoms with van der Waals surface area (Å²) in [4.78, 5) is 0. The van der Waals surface area contributed by atoms with Crippen molar-refractivity contribution in [3.05, 3.63) is 12.4 Å². The molecule has 0 spiro atoms. The lowest BCUT2D eigenvalue weighted by Gasteiger charge is -2.04. The quantitative estimate of drug-likeness (QED) is 0.740. The molecule has 1 rings (SSSR count). The Morgan fingerprint density at radius 3 is 3.00 bits per heavy atom. The Hall–Kier alpha value is -1.03. The number of aromatic nitrogens is 2. The van der Waals surface area contributed by atoms with E-state index in [-0.39, 0.29) is 6.61 Å². The number of aliphatic hydroxyl groups excluding tert-OH is 1. The highest BCUT2D eigenvalue weighted by molar-refractivity contribution is 5.11. The van der Waals surface area contributed by atoms with Crippen LogP contribution in [0, 0.1) is 5.92 Å². The first kappa shape index (κ1) is 10.1. The second-order valence-electron chi connectivity index (χ2n) is 3.37. The minimum absolute atomic E-state index is 0.102. The molecule has 1 aromatic heterocycles. The molecule has 0 amide bonds. The summed E-state index contributed by atoms with van der Waals surface area (Å²) >= 11 is 0. The average molecular weight is 184 g/mol. The van der Waals surface area contributed by atoms with Crippen molar-refractivity contribution in [3.63, 3.8) is 0 Å². The van der Waals surface area contributed by atoms with Crippen LogP contribution in [-0.2, 0) is 6.54 Å². The second kappa shape index (κ2) is 4.87. The lowest BCUT2D eigenvalue weighted by atomic mass is 10.2. The van der Waals surface area contributed by atoms with E-state index < -0.39 is 0 Å². The van der Waals surface area contributed by atoms with Gasteiger partial charge in [0.25, 0.3) is 0 Å². The summed E-state index contributed by atoms with van der Waals surface area (Å²) in [5.74, 6) is 1.28. The molecule has 0 radical (unpaired) electrons. The fourth-order valence-corrected chi connectivity index (χ4v) is 0.907. The van der Waals surface area contributed by atoms with Gasteiger partial charge in [-0.2, -0.15) is 5.10 Å². The van der Waals surface area contributed by atoms with Gasteiger partial charge in [0.15, 0.2) is 5.75 Å². The van der Waals surface area contributed by atoms with E-state index >= 15 is 0 Å². The molecule has 0 aromatic carbocycles. The first-order valence-electron chi connectivity index (χ1n) is 4.48. The van der Waals surface area contributed by atoms with Crippen LogP contribution in [-0.4, -0.2) is 28.1 Å². The van der Waals surface area contributed by atoms with Crippen LogP contribution in [0.2, 0.25) is 0 Å². The molecule has 1 aromatic rings. The summed E-state index contributed by atoms with van der Waals surface area (Å²) in [6, 6.07) is 0. The maximum atomic E-state index is 8.65. The van der Waals surface area contributed by atoms with Crippen molar-refractivity contribution in [2.45, 2.75) is 20.4 Å². The molecule has 0 unspecified atom stereocenters. The van der Waals surface area contributed by atoms with Crippen molar-refractivity contribution >= 4 is 0 Å². The van der Waals surface area contributed by atoms with Crippen LogP contribution in [0.3, 0.4) is 0 Å². The number of hydrogen-bond donors (Lipinski definition) is 1. The lowest BCUT2D eigenvalue weighted by Crippen LogP contribution is -2.04. The van der Waals surface area contributed by atoms with E-state index in [1.807, 2.05) is 0 Å². The van der Waals surface area contributed by atoms with Gasteiger partial charge in [0.1, 0.15) is 0 Å². The van der Waals surface area contributed by atoms with Gasteiger partial charge in [-0.3, -0.25) is 4.68 Å². The summed E-state index contributed by atoms with van der Waals surface area (Å²) in [7, 11) is 0. The van der Waals surface area contributed by atoms with Gasteiger partial charge in [-0.05, 0) is 5.92 Å². The topological polar surface area (TPSA) is 47.3 Å². The van der Waals surface area contributed by atoms with Gasteiger partial charge in [0.05, 0.1) is 32.2 Å². The number of nitrogens with zero attached hydrogens (tertiary/aromatic N) is 2. The lowest BCUT2D eigenvalue weighted by molar-refractivity contribution is 0.264. The molecule has 0 bridgehead atoms. The van der Waals surface area contributed by atoms with Crippen molar-refractivity contribution in [2.24, 2.45) is 5.92 Å². The third kappa shape index (κ3) is 3.46. The number of rotatable bonds is 5. The van der Waals surface area contributed by atoms with Crippen molar-refractivity contribution in [2.75, 3.05) is 13.2 Å². The maximum Gasteiger partial charge on any atom is 0.157 e. The van der Waals surface area contributed by atoms with Crippen molar-refractivity contribution in [1.82, 2.24) is 9.78 Å². The van der Waals surface area contributed by atoms with E-state index in [1.54, 1.807) is 17.1 Å². The number of aliphatic hydroxyl groups is 1. The van der Waals surface area contributed by atoms with Crippen LogP contribution in [0.4, 0.5) is 0 Å². The highest BCUT2D eigenvalue weighted by Crippen LogP contribution is 2.09. The molecule has 4 nitrogen and oxygen atoms in total. The van der Waals surface area contributed by atoms with Crippen LogP contribution in [0.25, 0.3) is 0 Å². The molecule has 0 saturated carbocycles. The zero-order valence-electron chi connectivity index (χ0n) is 8.10. The van der Waals surface area contributed by atoms with E-state index in [0.717, 1.165) is 5.75 Å². The predicted molar refractivity (Wildman–Crippen MR) is 49.6 cm³/mol. The standard InChI is InChI=1S/C9H16N2O2/c1-8(2)7-13-9-5-10-11(6-9)3-4-12/h5-6,8,12H,3-4,7H2,1-2H3. The van der Waals surface area contributed by atoms with Crippen LogP contribution in [0.5, 0.6) is 5.75 Å². The monoisotopic (exact) mass is 184 g/mol. The normalized spacial score (nSPS) is 10.8. The van der Waals surface area contributed by atoms with Crippen LogP contribution in [0.1, 0.15) is 13.8 Å². The Kier molecular flexibility index (Phi) is 3.76. The van der Waals surface area contributed by atoms with Crippen LogP contribution in [0.15, 0.2) is 12.4 Å². The fraction of sp³-hybridized carbons (Fsp3) is 0.667. The minimum atomic E-state index is 0.102. The Labute approximate surface area is 78.1 Å². The number of ether oxygens (including phenoxy) is 1. The van der Waals surface area contributed by atoms with Gasteiger partial charge >= 0.3 is 0 Å². The van der Waals surface area contributed by atoms with Crippen molar-refractivity contribution in [1.29, 1.82) is 0 Å². The molecule has 13 heavy (non-hydrogen) atoms. The Bertz CT molecular complexity index is 246. The molecule has 74 valence electrons. The smallest absolute Gasteiger partial charge is 0.157 e. The maximum absolute atomic E-state index is 8.65. The molecule has 1 heterocycles. The zero-order valence-corrected chi connectivity index (χ0v) is 8.10. The molecule has 0 saturated heterocycles. The van der Waals surface area contributed by atoms with E-state index in [1.165, 1.54) is 0 Å². The Balaban J connectivity index is 2.39. The third-order valence-electron chi connectivity index (χ3n) is 1.52. The van der Waals surface area contributed by atoms with Crippen molar-refractivity contribution in [3.8, 4) is 5.75 Å². The predicted octanol–water partition coefficient (Wildman–Crippen LogP) is 0.910. The van der Waals surface area contributed by atoms with Gasteiger partial charge < -0.3 is 9.84 Å². The molecule has 0 atom stereocenters. The third-order valence-corrected chi connectivity index (χ3v) is 1.52. The summed E-state index contributed by atoms with van der Waals surface area (Å²) in [5.41, 5.74) is 0. The molecule has 1 N–H and O–H groups in total. The van der Waals surface area contributed by atoms with Gasteiger partial charge in [-0.1, -0.05) is 13.8 Å². The molecular formula is C9H16N2O2. The molecule has 0 fully saturated rings. The zero-order chi connectivity index (χ0) is 9.68. The SMILES string of the molecule is CC(C)COc1cnn(CCO)c1. The summed E-state index contributed by atoms with van der Waals surface area (Å²) in [5, 5.41) is 12.7. The van der Waals surface area contributed by atoms with Gasteiger partial charge in [0.2, 0.25) is 0 Å². The average Bonchev–Trinajstić information content (AvgIpc) is 2.50. The fourth-order valence-electron chi connectivity index (χ4n) is 0.907. The number of hydrogen-bond acceptors (Lipinski definition) is 3. The molecule has 0 aliphatic carbocycles. The molecular weight excluding hydrogens is 168 g/mol. The first-order valence-corrected chi connectivity index (χ1v) is 4.48. The second-order valence-corrected chi connectivity index (χ2v) is 3.37. The Morgan fingerprint density at radius 2 is 2.38 bits per heavy atom. The van der Waals surface area contributed by atoms with E-state index in [4.69, 9.17) is 9.84 Å². The van der Waals surface area contributed by atoms with E-state index in [9.17, 15) is 0 Å². The largest absolute Gasteiger partial charge is 0.490 e. The van der Waals surface area contributed by atoms with Gasteiger partial charge in [-0.25, -0.2) is 0 Å². The highest BCUT2D eigenvalue weighted by Gasteiger charge is 2.00. The van der Waals surface area contributed by atoms with Crippen LogP contribution < -0.4 is 4.74 Å². The molecule has 0 aliphatic rings. The van der Waals surface area contributed by atoms with Crippen LogP contribution >= 0.6 is 0 Å². The minimum Gasteiger partial charge on any atom is -0.490 e. The molecule has 0 aliphatic heterocycles. The summed E-state index contributed by atoms with van der Waals surface area (Å²) in [6.45, 7) is 5.51. The van der Waals surface area contributed by atoms with E-state index in [2.05, 4.69) is 18.9 Å². The highest BCUT2D eigenvalue weighted by atomic mass is 16.5. The van der Waals surface area contributed by atoms with Gasteiger partial charge in [0, 0.05) is 0 Å². The Morgan fingerprint density at radius 1 is 1.62 bits per heavy atom.